The van der Waals surface area contributed by atoms with Crippen LogP contribution in [0, 0.1) is 0 Å². The normalized spacial score (nSPS) is 13.0. The molecule has 0 aliphatic rings. The summed E-state index contributed by atoms with van der Waals surface area (Å²) >= 11 is 0. The van der Waals surface area contributed by atoms with Crippen LogP contribution in [0.1, 0.15) is 13.8 Å². The van der Waals surface area contributed by atoms with Crippen molar-refractivity contribution in [3.63, 3.8) is 0 Å². The van der Waals surface area contributed by atoms with Crippen LogP contribution in [0.5, 0.6) is 0 Å². The van der Waals surface area contributed by atoms with Crippen molar-refractivity contribution in [1.29, 1.82) is 0 Å². The van der Waals surface area contributed by atoms with E-state index in [4.69, 9.17) is 0 Å². The van der Waals surface area contributed by atoms with Crippen molar-refractivity contribution in [2.75, 3.05) is 33.0 Å². The van der Waals surface area contributed by atoms with Gasteiger partial charge >= 0.3 is 0 Å². The molecule has 0 saturated heterocycles. The molecule has 1 amide bonds. The number of carbonyl (C=O) groups excluding carboxylic acids is 1. The van der Waals surface area contributed by atoms with E-state index in [1.54, 1.807) is 31.0 Å². The highest BCUT2D eigenvalue weighted by Crippen LogP contribution is 2.17. The van der Waals surface area contributed by atoms with E-state index in [1.165, 1.54) is 26.2 Å². The summed E-state index contributed by atoms with van der Waals surface area (Å²) in [5.41, 5.74) is 0.707. The van der Waals surface area contributed by atoms with Gasteiger partial charge in [0, 0.05) is 33.4 Å². The molecule has 1 rings (SSSR count). The number of anilines is 1. The summed E-state index contributed by atoms with van der Waals surface area (Å²) in [5, 5.41) is 3.07. The molecule has 0 radical (unpaired) electrons. The predicted octanol–water partition coefficient (Wildman–Crippen LogP) is 1.22. The zero-order valence-electron chi connectivity index (χ0n) is 13.1. The van der Waals surface area contributed by atoms with Crippen LogP contribution in [0.15, 0.2) is 29.2 Å². The standard InChI is InChI=1S/C14H23N3O3S/c1-6-17(5)14(18)11(2)15-12-7-9-13(10-8-12)21(19,20)16(3)4/h7-11,15H,6H2,1-5H3. The van der Waals surface area contributed by atoms with Crippen LogP contribution in [-0.2, 0) is 14.8 Å². The molecule has 0 fully saturated rings. The number of hydrogen-bond acceptors (Lipinski definition) is 4. The van der Waals surface area contributed by atoms with Crippen LogP contribution in [0.25, 0.3) is 0 Å². The maximum Gasteiger partial charge on any atom is 0.244 e. The molecule has 0 aromatic heterocycles. The Morgan fingerprint density at radius 2 is 1.71 bits per heavy atom. The van der Waals surface area contributed by atoms with E-state index in [0.29, 0.717) is 12.2 Å². The minimum atomic E-state index is -3.43. The lowest BCUT2D eigenvalue weighted by molar-refractivity contribution is -0.130. The molecule has 1 N–H and O–H groups in total. The van der Waals surface area contributed by atoms with E-state index >= 15 is 0 Å². The number of amides is 1. The van der Waals surface area contributed by atoms with Crippen molar-refractivity contribution in [2.24, 2.45) is 0 Å². The maximum atomic E-state index is 12.0. The Morgan fingerprint density at radius 1 is 1.19 bits per heavy atom. The Bertz CT molecular complexity index is 582. The van der Waals surface area contributed by atoms with Gasteiger partial charge in [-0.25, -0.2) is 12.7 Å². The second kappa shape index (κ2) is 6.91. The second-order valence-electron chi connectivity index (χ2n) is 5.03. The molecule has 0 spiro atoms. The van der Waals surface area contributed by atoms with Gasteiger partial charge in [0.1, 0.15) is 6.04 Å². The number of carbonyl (C=O) groups is 1. The third-order valence-corrected chi connectivity index (χ3v) is 5.07. The van der Waals surface area contributed by atoms with Crippen molar-refractivity contribution < 1.29 is 13.2 Å². The van der Waals surface area contributed by atoms with Crippen molar-refractivity contribution in [3.8, 4) is 0 Å². The van der Waals surface area contributed by atoms with Gasteiger partial charge in [0.05, 0.1) is 4.90 Å². The van der Waals surface area contributed by atoms with E-state index in [9.17, 15) is 13.2 Å². The topological polar surface area (TPSA) is 69.7 Å². The van der Waals surface area contributed by atoms with E-state index < -0.39 is 10.0 Å². The van der Waals surface area contributed by atoms with E-state index in [-0.39, 0.29) is 16.8 Å². The highest BCUT2D eigenvalue weighted by atomic mass is 32.2. The van der Waals surface area contributed by atoms with E-state index in [1.807, 2.05) is 6.92 Å². The Balaban J connectivity index is 2.83. The molecule has 0 bridgehead atoms. The van der Waals surface area contributed by atoms with Gasteiger partial charge in [0.25, 0.3) is 0 Å². The molecule has 0 heterocycles. The number of nitrogens with zero attached hydrogens (tertiary/aromatic N) is 2. The lowest BCUT2D eigenvalue weighted by atomic mass is 10.2. The van der Waals surface area contributed by atoms with Gasteiger partial charge in [0.15, 0.2) is 0 Å². The fraction of sp³-hybridized carbons (Fsp3) is 0.500. The molecule has 7 heteroatoms. The number of benzene rings is 1. The third-order valence-electron chi connectivity index (χ3n) is 3.24. The van der Waals surface area contributed by atoms with Crippen LogP contribution >= 0.6 is 0 Å². The molecule has 6 nitrogen and oxygen atoms in total. The van der Waals surface area contributed by atoms with Crippen molar-refractivity contribution in [2.45, 2.75) is 24.8 Å². The smallest absolute Gasteiger partial charge is 0.244 e. The van der Waals surface area contributed by atoms with Crippen LogP contribution in [0.3, 0.4) is 0 Å². The number of nitrogens with one attached hydrogen (secondary N) is 1. The first-order valence-corrected chi connectivity index (χ1v) is 8.18. The molecule has 1 aromatic rings. The highest BCUT2D eigenvalue weighted by Gasteiger charge is 2.18. The first-order chi connectivity index (χ1) is 9.70. The summed E-state index contributed by atoms with van der Waals surface area (Å²) in [6.07, 6.45) is 0. The Kier molecular flexibility index (Phi) is 5.74. The molecule has 118 valence electrons. The molecule has 0 aliphatic heterocycles. The lowest BCUT2D eigenvalue weighted by Gasteiger charge is -2.21. The number of rotatable bonds is 6. The maximum absolute atomic E-state index is 12.0. The molecule has 21 heavy (non-hydrogen) atoms. The summed E-state index contributed by atoms with van der Waals surface area (Å²) < 4.78 is 25.1. The average Bonchev–Trinajstić information content (AvgIpc) is 2.45. The molecular weight excluding hydrogens is 290 g/mol. The van der Waals surface area contributed by atoms with Gasteiger partial charge in [-0.3, -0.25) is 4.79 Å². The minimum absolute atomic E-state index is 0.0116. The van der Waals surface area contributed by atoms with Gasteiger partial charge in [-0.2, -0.15) is 0 Å². The Morgan fingerprint density at radius 3 is 2.14 bits per heavy atom. The van der Waals surface area contributed by atoms with Crippen molar-refractivity contribution in [3.05, 3.63) is 24.3 Å². The quantitative estimate of drug-likeness (QED) is 0.857. The molecule has 1 unspecified atom stereocenters. The van der Waals surface area contributed by atoms with E-state index in [2.05, 4.69) is 5.32 Å². The summed E-state index contributed by atoms with van der Waals surface area (Å²) in [6, 6.07) is 6.00. The number of likely N-dealkylation sites (N-methyl/N-ethyl adjacent to an activating group) is 1. The monoisotopic (exact) mass is 313 g/mol. The van der Waals surface area contributed by atoms with Gasteiger partial charge in [-0.1, -0.05) is 0 Å². The first-order valence-electron chi connectivity index (χ1n) is 6.74. The lowest BCUT2D eigenvalue weighted by Crippen LogP contribution is -2.38. The second-order valence-corrected chi connectivity index (χ2v) is 7.18. The molecule has 1 atom stereocenters. The van der Waals surface area contributed by atoms with Gasteiger partial charge in [-0.05, 0) is 38.1 Å². The van der Waals surface area contributed by atoms with Crippen LogP contribution < -0.4 is 5.32 Å². The van der Waals surface area contributed by atoms with Gasteiger partial charge in [0.2, 0.25) is 15.9 Å². The largest absolute Gasteiger partial charge is 0.374 e. The van der Waals surface area contributed by atoms with Crippen molar-refractivity contribution >= 4 is 21.6 Å². The Hall–Kier alpha value is -1.60. The summed E-state index contributed by atoms with van der Waals surface area (Å²) in [6.45, 7) is 4.33. The highest BCUT2D eigenvalue weighted by molar-refractivity contribution is 7.89. The van der Waals surface area contributed by atoms with Crippen molar-refractivity contribution in [1.82, 2.24) is 9.21 Å². The summed E-state index contributed by atoms with van der Waals surface area (Å²) in [5.74, 6) is -0.0116. The Labute approximate surface area is 126 Å². The summed E-state index contributed by atoms with van der Waals surface area (Å²) in [4.78, 5) is 13.8. The van der Waals surface area contributed by atoms with Crippen LogP contribution in [0.2, 0.25) is 0 Å². The van der Waals surface area contributed by atoms with E-state index in [0.717, 1.165) is 4.31 Å². The summed E-state index contributed by atoms with van der Waals surface area (Å²) in [7, 11) is 1.30. The third kappa shape index (κ3) is 4.18. The fourth-order valence-electron chi connectivity index (χ4n) is 1.73. The van der Waals surface area contributed by atoms with Crippen LogP contribution in [-0.4, -0.2) is 57.3 Å². The van der Waals surface area contributed by atoms with Gasteiger partial charge in [-0.15, -0.1) is 0 Å². The zero-order valence-corrected chi connectivity index (χ0v) is 13.9. The van der Waals surface area contributed by atoms with Crippen LogP contribution in [0.4, 0.5) is 5.69 Å². The predicted molar refractivity (Wildman–Crippen MR) is 83.7 cm³/mol. The fourth-order valence-corrected chi connectivity index (χ4v) is 2.63. The zero-order chi connectivity index (χ0) is 16.2. The molecule has 1 aromatic carbocycles. The number of sulfonamides is 1. The molecular formula is C14H23N3O3S. The first kappa shape index (κ1) is 17.5. The minimum Gasteiger partial charge on any atom is -0.374 e. The molecule has 0 aliphatic carbocycles. The molecule has 0 saturated carbocycles. The van der Waals surface area contributed by atoms with Gasteiger partial charge < -0.3 is 10.2 Å². The SMILES string of the molecule is CCN(C)C(=O)C(C)Nc1ccc(S(=O)(=O)N(C)C)cc1. The number of hydrogen-bond donors (Lipinski definition) is 1. The average molecular weight is 313 g/mol.